The number of nitrogens with zero attached hydrogens (tertiary/aromatic N) is 1. The molecule has 0 bridgehead atoms. The van der Waals surface area contributed by atoms with Gasteiger partial charge in [0.2, 0.25) is 0 Å². The average Bonchev–Trinajstić information content (AvgIpc) is 2.74. The van der Waals surface area contributed by atoms with Gasteiger partial charge < -0.3 is 9.29 Å². The summed E-state index contributed by atoms with van der Waals surface area (Å²) in [7, 11) is 0. The van der Waals surface area contributed by atoms with Crippen molar-refractivity contribution < 1.29 is 18.9 Å². The van der Waals surface area contributed by atoms with Gasteiger partial charge in [0, 0.05) is 0 Å². The molecule has 2 atom stereocenters. The van der Waals surface area contributed by atoms with Crippen molar-refractivity contribution in [3.05, 3.63) is 65.2 Å². The van der Waals surface area contributed by atoms with E-state index in [0.717, 1.165) is 36.1 Å². The van der Waals surface area contributed by atoms with Gasteiger partial charge in [0.15, 0.2) is 0 Å². The predicted octanol–water partition coefficient (Wildman–Crippen LogP) is 5.46. The standard InChI is InChI=1S/C25H33NO4S/c1-5-29-24(27)16-21-13-9-12-20-14-15-22(17-23(20)21)26(31(28)25(2,3)4)30-18-19-10-7-6-8-11-19/h6-8,10-11,14-15,17,21H,5,9,12-13,16,18H2,1-4H3/t21-,31?/m0/s1. The van der Waals surface area contributed by atoms with E-state index in [9.17, 15) is 9.35 Å². The van der Waals surface area contributed by atoms with Crippen LogP contribution in [0.2, 0.25) is 0 Å². The molecule has 0 aliphatic heterocycles. The molecule has 0 saturated carbocycles. The highest BCUT2D eigenvalue weighted by Crippen LogP contribution is 2.38. The van der Waals surface area contributed by atoms with Gasteiger partial charge in [0.25, 0.3) is 0 Å². The second-order valence-electron chi connectivity index (χ2n) is 8.86. The molecule has 0 spiro atoms. The maximum Gasteiger partial charge on any atom is 0.306 e. The fraction of sp³-hybridized carbons (Fsp3) is 0.480. The number of anilines is 1. The molecule has 31 heavy (non-hydrogen) atoms. The molecule has 0 heterocycles. The predicted molar refractivity (Wildman–Crippen MR) is 125 cm³/mol. The number of benzene rings is 2. The van der Waals surface area contributed by atoms with Gasteiger partial charge in [-0.3, -0.25) is 4.79 Å². The monoisotopic (exact) mass is 443 g/mol. The summed E-state index contributed by atoms with van der Waals surface area (Å²) in [6.07, 6.45) is 3.36. The van der Waals surface area contributed by atoms with Crippen molar-refractivity contribution in [3.8, 4) is 0 Å². The molecule has 3 rings (SSSR count). The summed E-state index contributed by atoms with van der Waals surface area (Å²) in [4.78, 5) is 18.2. The number of rotatable bonds is 8. The largest absolute Gasteiger partial charge is 0.591 e. The number of hydrogen-bond donors (Lipinski definition) is 0. The molecule has 2 aromatic carbocycles. The maximum absolute atomic E-state index is 13.3. The van der Waals surface area contributed by atoms with Gasteiger partial charge in [-0.2, -0.15) is 0 Å². The Kier molecular flexibility index (Phi) is 8.03. The van der Waals surface area contributed by atoms with Gasteiger partial charge in [-0.05, 0) is 81.7 Å². The Balaban J connectivity index is 1.88. The molecule has 5 nitrogen and oxygen atoms in total. The summed E-state index contributed by atoms with van der Waals surface area (Å²) in [5.74, 6) is -0.0528. The average molecular weight is 444 g/mol. The Morgan fingerprint density at radius 3 is 2.61 bits per heavy atom. The number of aryl methyl sites for hydroxylation is 1. The van der Waals surface area contributed by atoms with Crippen LogP contribution in [0.3, 0.4) is 0 Å². The number of carbonyl (C=O) groups excluding carboxylic acids is 1. The van der Waals surface area contributed by atoms with Gasteiger partial charge in [0.1, 0.15) is 28.4 Å². The van der Waals surface area contributed by atoms with Crippen LogP contribution in [0.15, 0.2) is 48.5 Å². The summed E-state index contributed by atoms with van der Waals surface area (Å²) in [5, 5.41) is 0. The molecule has 0 amide bonds. The summed E-state index contributed by atoms with van der Waals surface area (Å²) < 4.78 is 19.6. The highest BCUT2D eigenvalue weighted by molar-refractivity contribution is 7.93. The smallest absolute Gasteiger partial charge is 0.306 e. The molecule has 0 saturated heterocycles. The van der Waals surface area contributed by atoms with E-state index >= 15 is 0 Å². The second kappa shape index (κ2) is 10.5. The Labute approximate surface area is 189 Å². The number of carbonyl (C=O) groups is 1. The lowest BCUT2D eigenvalue weighted by Gasteiger charge is -2.33. The van der Waals surface area contributed by atoms with Crippen molar-refractivity contribution >= 4 is 23.0 Å². The zero-order valence-corrected chi connectivity index (χ0v) is 19.7. The molecule has 1 unspecified atom stereocenters. The first kappa shape index (κ1) is 23.6. The lowest BCUT2D eigenvalue weighted by molar-refractivity contribution is -0.143. The van der Waals surface area contributed by atoms with E-state index in [0.29, 0.717) is 19.6 Å². The zero-order chi connectivity index (χ0) is 22.4. The number of hydrogen-bond acceptors (Lipinski definition) is 5. The van der Waals surface area contributed by atoms with E-state index in [2.05, 4.69) is 6.07 Å². The topological polar surface area (TPSA) is 61.8 Å². The van der Waals surface area contributed by atoms with Crippen LogP contribution in [-0.4, -0.2) is 21.9 Å². The Hall–Kier alpha value is -2.02. The maximum atomic E-state index is 13.3. The van der Waals surface area contributed by atoms with Gasteiger partial charge in [-0.25, -0.2) is 4.84 Å². The first-order valence-corrected chi connectivity index (χ1v) is 12.1. The minimum absolute atomic E-state index is 0.113. The third-order valence-electron chi connectivity index (χ3n) is 5.36. The van der Waals surface area contributed by atoms with E-state index < -0.39 is 16.1 Å². The second-order valence-corrected chi connectivity index (χ2v) is 10.9. The molecule has 1 aliphatic rings. The fourth-order valence-corrected chi connectivity index (χ4v) is 4.76. The van der Waals surface area contributed by atoms with Crippen LogP contribution in [0.4, 0.5) is 5.69 Å². The number of fused-ring (bicyclic) bond motifs is 1. The minimum atomic E-state index is -1.41. The summed E-state index contributed by atoms with van der Waals surface area (Å²) in [6, 6.07) is 16.0. The summed E-state index contributed by atoms with van der Waals surface area (Å²) in [5.41, 5.74) is 4.14. The molecule has 6 heteroatoms. The van der Waals surface area contributed by atoms with E-state index in [-0.39, 0.29) is 11.9 Å². The van der Waals surface area contributed by atoms with Crippen molar-refractivity contribution in [2.75, 3.05) is 11.1 Å². The quantitative estimate of drug-likeness (QED) is 0.308. The van der Waals surface area contributed by atoms with Crippen molar-refractivity contribution in [2.45, 2.75) is 70.7 Å². The minimum Gasteiger partial charge on any atom is -0.591 e. The normalized spacial score (nSPS) is 17.0. The third kappa shape index (κ3) is 6.25. The van der Waals surface area contributed by atoms with Gasteiger partial charge in [0.05, 0.1) is 13.0 Å². The van der Waals surface area contributed by atoms with Crippen molar-refractivity contribution in [1.29, 1.82) is 0 Å². The summed E-state index contributed by atoms with van der Waals surface area (Å²) in [6.45, 7) is 8.35. The van der Waals surface area contributed by atoms with Crippen LogP contribution < -0.4 is 4.47 Å². The van der Waals surface area contributed by atoms with E-state index in [1.165, 1.54) is 10.0 Å². The first-order valence-electron chi connectivity index (χ1n) is 11.0. The van der Waals surface area contributed by atoms with E-state index in [1.54, 1.807) is 0 Å². The lowest BCUT2D eigenvalue weighted by Crippen LogP contribution is -2.43. The Bertz CT molecular complexity index is 866. The van der Waals surface area contributed by atoms with Crippen LogP contribution in [0.25, 0.3) is 0 Å². The Morgan fingerprint density at radius 2 is 1.94 bits per heavy atom. The highest BCUT2D eigenvalue weighted by atomic mass is 32.2. The van der Waals surface area contributed by atoms with E-state index in [1.807, 2.05) is 70.2 Å². The first-order chi connectivity index (χ1) is 14.8. The zero-order valence-electron chi connectivity index (χ0n) is 18.9. The van der Waals surface area contributed by atoms with Crippen molar-refractivity contribution in [3.63, 3.8) is 0 Å². The van der Waals surface area contributed by atoms with Crippen LogP contribution in [0.1, 0.15) is 69.6 Å². The van der Waals surface area contributed by atoms with E-state index in [4.69, 9.17) is 9.57 Å². The van der Waals surface area contributed by atoms with Crippen molar-refractivity contribution in [1.82, 2.24) is 0 Å². The lowest BCUT2D eigenvalue weighted by atomic mass is 9.81. The van der Waals surface area contributed by atoms with Gasteiger partial charge >= 0.3 is 5.97 Å². The molecule has 168 valence electrons. The molecule has 0 radical (unpaired) electrons. The highest BCUT2D eigenvalue weighted by Gasteiger charge is 2.36. The molecular formula is C25H33NO4S. The molecular weight excluding hydrogens is 410 g/mol. The number of ether oxygens (including phenoxy) is 1. The fourth-order valence-electron chi connectivity index (χ4n) is 3.81. The Morgan fingerprint density at radius 1 is 1.19 bits per heavy atom. The molecule has 2 aromatic rings. The van der Waals surface area contributed by atoms with Crippen LogP contribution in [0, 0.1) is 0 Å². The molecule has 0 fully saturated rings. The summed E-state index contributed by atoms with van der Waals surface area (Å²) >= 11 is -1.41. The van der Waals surface area contributed by atoms with Gasteiger partial charge in [-0.1, -0.05) is 40.9 Å². The van der Waals surface area contributed by atoms with Crippen LogP contribution >= 0.6 is 0 Å². The van der Waals surface area contributed by atoms with Crippen LogP contribution in [0.5, 0.6) is 0 Å². The third-order valence-corrected chi connectivity index (χ3v) is 7.03. The molecule has 1 aliphatic carbocycles. The SMILES string of the molecule is CCOC(=O)C[C@@H]1CCCc2ccc(N(OCc3ccccc3)[S+]([O-])C(C)(C)C)cc21. The molecule has 0 N–H and O–H groups in total. The van der Waals surface area contributed by atoms with Crippen molar-refractivity contribution in [2.24, 2.45) is 0 Å². The van der Waals surface area contributed by atoms with Crippen LogP contribution in [-0.2, 0) is 38.8 Å². The molecule has 0 aromatic heterocycles. The number of esters is 1. The van der Waals surface area contributed by atoms with Gasteiger partial charge in [-0.15, -0.1) is 0 Å².